The highest BCUT2D eigenvalue weighted by Gasteiger charge is 2.12. The number of amides is 1. The molecule has 3 rings (SSSR count). The molecule has 6 heteroatoms. The Bertz CT molecular complexity index is 999. The number of non-ortho nitro benzene ring substituents is 1. The van der Waals surface area contributed by atoms with Gasteiger partial charge in [0.1, 0.15) is 0 Å². The molecule has 0 aromatic heterocycles. The lowest BCUT2D eigenvalue weighted by atomic mass is 10.1. The predicted octanol–water partition coefficient (Wildman–Crippen LogP) is 5.76. The molecule has 3 aromatic carbocycles. The highest BCUT2D eigenvalue weighted by Crippen LogP contribution is 2.24. The summed E-state index contributed by atoms with van der Waals surface area (Å²) >= 11 is 1.74. The van der Waals surface area contributed by atoms with E-state index in [-0.39, 0.29) is 11.6 Å². The number of nitrogens with zero attached hydrogens (tertiary/aromatic N) is 1. The van der Waals surface area contributed by atoms with Crippen molar-refractivity contribution in [2.45, 2.75) is 24.5 Å². The average molecular weight is 392 g/mol. The van der Waals surface area contributed by atoms with Gasteiger partial charge >= 0.3 is 0 Å². The lowest BCUT2D eigenvalue weighted by Crippen LogP contribution is -2.13. The van der Waals surface area contributed by atoms with Crippen LogP contribution in [0.15, 0.2) is 71.6 Å². The lowest BCUT2D eigenvalue weighted by molar-refractivity contribution is -0.384. The van der Waals surface area contributed by atoms with Crippen molar-refractivity contribution in [3.05, 3.63) is 99.1 Å². The molecule has 3 aromatic rings. The van der Waals surface area contributed by atoms with Gasteiger partial charge in [-0.15, -0.1) is 11.8 Å². The van der Waals surface area contributed by atoms with Crippen molar-refractivity contribution >= 4 is 29.0 Å². The summed E-state index contributed by atoms with van der Waals surface area (Å²) in [5, 5.41) is 13.7. The molecule has 142 valence electrons. The second-order valence-electron chi connectivity index (χ2n) is 6.51. The van der Waals surface area contributed by atoms with Crippen LogP contribution >= 0.6 is 11.8 Å². The summed E-state index contributed by atoms with van der Waals surface area (Å²) in [5.41, 5.74) is 4.02. The van der Waals surface area contributed by atoms with Gasteiger partial charge in [-0.05, 0) is 49.2 Å². The monoisotopic (exact) mass is 392 g/mol. The summed E-state index contributed by atoms with van der Waals surface area (Å²) in [5.74, 6) is 0.524. The molecule has 0 aliphatic rings. The molecule has 0 bridgehead atoms. The minimum Gasteiger partial charge on any atom is -0.321 e. The number of aryl methyl sites for hydroxylation is 2. The van der Waals surface area contributed by atoms with Crippen LogP contribution in [0.5, 0.6) is 0 Å². The van der Waals surface area contributed by atoms with Gasteiger partial charge in [-0.3, -0.25) is 14.9 Å². The molecule has 0 spiro atoms. The molecule has 0 saturated heterocycles. The second-order valence-corrected chi connectivity index (χ2v) is 7.56. The van der Waals surface area contributed by atoms with Gasteiger partial charge in [-0.2, -0.15) is 0 Å². The van der Waals surface area contributed by atoms with Crippen molar-refractivity contribution in [1.82, 2.24) is 0 Å². The molecule has 1 N–H and O–H groups in total. The van der Waals surface area contributed by atoms with E-state index in [1.54, 1.807) is 36.9 Å². The Morgan fingerprint density at radius 3 is 2.32 bits per heavy atom. The Kier molecular flexibility index (Phi) is 6.11. The summed E-state index contributed by atoms with van der Waals surface area (Å²) in [6, 6.07) is 20.2. The number of rotatable bonds is 6. The number of benzene rings is 3. The third-order valence-corrected chi connectivity index (χ3v) is 5.41. The van der Waals surface area contributed by atoms with Crippen LogP contribution in [-0.2, 0) is 5.75 Å². The molecule has 0 unspecified atom stereocenters. The van der Waals surface area contributed by atoms with Crippen LogP contribution in [0, 0.1) is 24.0 Å². The molecule has 1 amide bonds. The van der Waals surface area contributed by atoms with E-state index in [4.69, 9.17) is 0 Å². The Morgan fingerprint density at radius 1 is 1.00 bits per heavy atom. The third-order valence-electron chi connectivity index (χ3n) is 4.32. The highest BCUT2D eigenvalue weighted by molar-refractivity contribution is 7.98. The van der Waals surface area contributed by atoms with Gasteiger partial charge < -0.3 is 5.32 Å². The standard InChI is InChI=1S/C22H20N2O3S/c1-15-3-11-20(12-4-15)28-14-17-6-8-18(9-7-17)22(25)23-21-13-19(24(26)27)10-5-16(21)2/h3-13H,14H2,1-2H3,(H,23,25). The van der Waals surface area contributed by atoms with E-state index in [1.807, 2.05) is 12.1 Å². The van der Waals surface area contributed by atoms with E-state index >= 15 is 0 Å². The molecule has 0 aliphatic carbocycles. The first-order valence-corrected chi connectivity index (χ1v) is 9.76. The fraction of sp³-hybridized carbons (Fsp3) is 0.136. The van der Waals surface area contributed by atoms with Gasteiger partial charge in [-0.1, -0.05) is 35.9 Å². The van der Waals surface area contributed by atoms with Gasteiger partial charge in [0, 0.05) is 28.3 Å². The molecular formula is C22H20N2O3S. The number of thioether (sulfide) groups is 1. The normalized spacial score (nSPS) is 10.5. The van der Waals surface area contributed by atoms with Crippen molar-refractivity contribution in [3.8, 4) is 0 Å². The van der Waals surface area contributed by atoms with Crippen LogP contribution < -0.4 is 5.32 Å². The Morgan fingerprint density at radius 2 is 1.68 bits per heavy atom. The van der Waals surface area contributed by atoms with Crippen molar-refractivity contribution < 1.29 is 9.72 Å². The average Bonchev–Trinajstić information content (AvgIpc) is 2.69. The number of anilines is 1. The van der Waals surface area contributed by atoms with Crippen LogP contribution in [0.4, 0.5) is 11.4 Å². The van der Waals surface area contributed by atoms with E-state index in [2.05, 4.69) is 36.5 Å². The fourth-order valence-electron chi connectivity index (χ4n) is 2.61. The van der Waals surface area contributed by atoms with E-state index < -0.39 is 4.92 Å². The topological polar surface area (TPSA) is 72.2 Å². The Hall–Kier alpha value is -3.12. The van der Waals surface area contributed by atoms with Crippen molar-refractivity contribution in [1.29, 1.82) is 0 Å². The first-order chi connectivity index (χ1) is 13.4. The van der Waals surface area contributed by atoms with Crippen LogP contribution in [-0.4, -0.2) is 10.8 Å². The predicted molar refractivity (Wildman–Crippen MR) is 113 cm³/mol. The van der Waals surface area contributed by atoms with Gasteiger partial charge in [0.15, 0.2) is 0 Å². The highest BCUT2D eigenvalue weighted by atomic mass is 32.2. The minimum absolute atomic E-state index is 0.0515. The number of hydrogen-bond acceptors (Lipinski definition) is 4. The summed E-state index contributed by atoms with van der Waals surface area (Å²) in [7, 11) is 0. The van der Waals surface area contributed by atoms with E-state index in [9.17, 15) is 14.9 Å². The largest absolute Gasteiger partial charge is 0.321 e. The minimum atomic E-state index is -0.477. The van der Waals surface area contributed by atoms with E-state index in [0.717, 1.165) is 16.9 Å². The van der Waals surface area contributed by atoms with Crippen LogP contribution in [0.1, 0.15) is 27.0 Å². The number of hydrogen-bond donors (Lipinski definition) is 1. The molecule has 0 fully saturated rings. The first kappa shape index (κ1) is 19.6. The lowest BCUT2D eigenvalue weighted by Gasteiger charge is -2.09. The molecule has 0 radical (unpaired) electrons. The molecule has 0 saturated carbocycles. The van der Waals surface area contributed by atoms with Gasteiger partial charge in [0.25, 0.3) is 11.6 Å². The number of carbonyl (C=O) groups excluding carboxylic acids is 1. The molecular weight excluding hydrogens is 372 g/mol. The molecule has 28 heavy (non-hydrogen) atoms. The zero-order valence-corrected chi connectivity index (χ0v) is 16.5. The van der Waals surface area contributed by atoms with Crippen LogP contribution in [0.25, 0.3) is 0 Å². The summed E-state index contributed by atoms with van der Waals surface area (Å²) in [4.78, 5) is 24.1. The van der Waals surface area contributed by atoms with Crippen LogP contribution in [0.2, 0.25) is 0 Å². The third kappa shape index (κ3) is 4.98. The van der Waals surface area contributed by atoms with E-state index in [1.165, 1.54) is 22.6 Å². The Labute approximate surface area is 167 Å². The maximum atomic E-state index is 12.5. The van der Waals surface area contributed by atoms with Crippen molar-refractivity contribution in [2.75, 3.05) is 5.32 Å². The number of nitro benzene ring substituents is 1. The zero-order valence-electron chi connectivity index (χ0n) is 15.6. The first-order valence-electron chi connectivity index (χ1n) is 8.77. The molecule has 0 atom stereocenters. The molecule has 0 heterocycles. The van der Waals surface area contributed by atoms with Crippen molar-refractivity contribution in [3.63, 3.8) is 0 Å². The number of nitrogens with one attached hydrogen (secondary N) is 1. The van der Waals surface area contributed by atoms with Crippen molar-refractivity contribution in [2.24, 2.45) is 0 Å². The van der Waals surface area contributed by atoms with Gasteiger partial charge in [0.05, 0.1) is 10.6 Å². The van der Waals surface area contributed by atoms with E-state index in [0.29, 0.717) is 11.3 Å². The van der Waals surface area contributed by atoms with Gasteiger partial charge in [-0.25, -0.2) is 0 Å². The second kappa shape index (κ2) is 8.71. The summed E-state index contributed by atoms with van der Waals surface area (Å²) in [6.45, 7) is 3.86. The maximum Gasteiger partial charge on any atom is 0.271 e. The summed E-state index contributed by atoms with van der Waals surface area (Å²) < 4.78 is 0. The van der Waals surface area contributed by atoms with Crippen LogP contribution in [0.3, 0.4) is 0 Å². The fourth-order valence-corrected chi connectivity index (χ4v) is 3.46. The quantitative estimate of drug-likeness (QED) is 0.329. The Balaban J connectivity index is 1.64. The smallest absolute Gasteiger partial charge is 0.271 e. The molecule has 5 nitrogen and oxygen atoms in total. The zero-order chi connectivity index (χ0) is 20.1. The number of carbonyl (C=O) groups is 1. The SMILES string of the molecule is Cc1ccc(SCc2ccc(C(=O)Nc3cc([N+](=O)[O-])ccc3C)cc2)cc1. The summed E-state index contributed by atoms with van der Waals surface area (Å²) in [6.07, 6.45) is 0. The molecule has 0 aliphatic heterocycles. The maximum absolute atomic E-state index is 12.5. The number of nitro groups is 1. The van der Waals surface area contributed by atoms with Gasteiger partial charge in [0.2, 0.25) is 0 Å².